The molecule has 1 aromatic carbocycles. The predicted octanol–water partition coefficient (Wildman–Crippen LogP) is 1.46. The number of nitro groups is 1. The summed E-state index contributed by atoms with van der Waals surface area (Å²) in [6.45, 7) is 3.42. The highest BCUT2D eigenvalue weighted by Crippen LogP contribution is 2.23. The van der Waals surface area contributed by atoms with Crippen LogP contribution in [0.2, 0.25) is 0 Å². The van der Waals surface area contributed by atoms with Crippen molar-refractivity contribution in [2.24, 2.45) is 5.73 Å². The highest BCUT2D eigenvalue weighted by Gasteiger charge is 2.21. The van der Waals surface area contributed by atoms with Crippen LogP contribution in [-0.4, -0.2) is 28.8 Å². The van der Waals surface area contributed by atoms with Gasteiger partial charge in [-0.25, -0.2) is 0 Å². The van der Waals surface area contributed by atoms with E-state index in [1.807, 2.05) is 0 Å². The first-order chi connectivity index (χ1) is 8.34. The van der Waals surface area contributed by atoms with Gasteiger partial charge in [-0.3, -0.25) is 14.9 Å². The molecule has 1 rings (SSSR count). The lowest BCUT2D eigenvalue weighted by Crippen LogP contribution is -2.40. The van der Waals surface area contributed by atoms with E-state index in [2.05, 4.69) is 0 Å². The van der Waals surface area contributed by atoms with Crippen LogP contribution >= 0.6 is 0 Å². The van der Waals surface area contributed by atoms with Gasteiger partial charge in [-0.15, -0.1) is 0 Å². The Morgan fingerprint density at radius 1 is 1.44 bits per heavy atom. The molecule has 18 heavy (non-hydrogen) atoms. The zero-order chi connectivity index (χ0) is 13.9. The largest absolute Gasteiger partial charge is 0.338 e. The van der Waals surface area contributed by atoms with Crippen molar-refractivity contribution in [3.8, 4) is 0 Å². The van der Waals surface area contributed by atoms with Crippen LogP contribution in [0.25, 0.3) is 0 Å². The van der Waals surface area contributed by atoms with Crippen molar-refractivity contribution in [3.63, 3.8) is 0 Å². The number of benzene rings is 1. The molecule has 0 saturated heterocycles. The van der Waals surface area contributed by atoms with Crippen LogP contribution in [0.3, 0.4) is 0 Å². The summed E-state index contributed by atoms with van der Waals surface area (Å²) in [7, 11) is 1.63. The maximum absolute atomic E-state index is 11.7. The van der Waals surface area contributed by atoms with Crippen molar-refractivity contribution in [1.29, 1.82) is 0 Å². The normalized spacial score (nSPS) is 13.8. The number of nitrogens with two attached hydrogens (primary N) is 1. The second kappa shape index (κ2) is 5.59. The molecule has 2 unspecified atom stereocenters. The second-order valence-corrected chi connectivity index (χ2v) is 4.27. The Labute approximate surface area is 106 Å². The van der Waals surface area contributed by atoms with Gasteiger partial charge in [0.05, 0.1) is 17.0 Å². The van der Waals surface area contributed by atoms with Gasteiger partial charge >= 0.3 is 0 Å². The molecule has 0 aliphatic heterocycles. The minimum Gasteiger partial charge on any atom is -0.338 e. The van der Waals surface area contributed by atoms with Crippen LogP contribution in [0.4, 0.5) is 5.69 Å². The van der Waals surface area contributed by atoms with Crippen LogP contribution < -0.4 is 5.73 Å². The number of likely N-dealkylation sites (N-methyl/N-ethyl adjacent to an activating group) is 1. The Balaban J connectivity index is 2.96. The van der Waals surface area contributed by atoms with E-state index in [0.717, 1.165) is 0 Å². The fourth-order valence-corrected chi connectivity index (χ4v) is 1.63. The Morgan fingerprint density at radius 2 is 2.06 bits per heavy atom. The van der Waals surface area contributed by atoms with Crippen molar-refractivity contribution in [2.75, 3.05) is 7.05 Å². The number of nitro benzene ring substituents is 1. The lowest BCUT2D eigenvalue weighted by atomic mass is 10.1. The molecule has 1 amide bonds. The monoisotopic (exact) mass is 251 g/mol. The fourth-order valence-electron chi connectivity index (χ4n) is 1.63. The molecule has 0 aliphatic carbocycles. The summed E-state index contributed by atoms with van der Waals surface area (Å²) in [5, 5.41) is 10.7. The molecule has 0 bridgehead atoms. The summed E-state index contributed by atoms with van der Waals surface area (Å²) in [6, 6.07) is 5.40. The van der Waals surface area contributed by atoms with Crippen molar-refractivity contribution in [2.45, 2.75) is 25.9 Å². The number of hydrogen-bond acceptors (Lipinski definition) is 4. The van der Waals surface area contributed by atoms with Gasteiger partial charge in [-0.2, -0.15) is 0 Å². The summed E-state index contributed by atoms with van der Waals surface area (Å²) in [5.41, 5.74) is 6.26. The van der Waals surface area contributed by atoms with Crippen LogP contribution in [-0.2, 0) is 4.79 Å². The van der Waals surface area contributed by atoms with Crippen molar-refractivity contribution in [1.82, 2.24) is 4.90 Å². The highest BCUT2D eigenvalue weighted by molar-refractivity contribution is 5.81. The molecule has 2 N–H and O–H groups in total. The number of rotatable bonds is 4. The first-order valence-electron chi connectivity index (χ1n) is 5.61. The zero-order valence-electron chi connectivity index (χ0n) is 10.7. The molecule has 6 heteroatoms. The van der Waals surface area contributed by atoms with E-state index < -0.39 is 11.0 Å². The van der Waals surface area contributed by atoms with Crippen molar-refractivity contribution < 1.29 is 9.72 Å². The SMILES string of the molecule is CC(N)C(=O)N(C)C(C)c1cccc([N+](=O)[O-])c1. The molecule has 1 aromatic rings. The first-order valence-corrected chi connectivity index (χ1v) is 5.61. The summed E-state index contributed by atoms with van der Waals surface area (Å²) < 4.78 is 0. The minimum atomic E-state index is -0.587. The van der Waals surface area contributed by atoms with E-state index in [-0.39, 0.29) is 17.6 Å². The van der Waals surface area contributed by atoms with Gasteiger partial charge in [0.2, 0.25) is 5.91 Å². The molecule has 0 radical (unpaired) electrons. The first kappa shape index (κ1) is 14.1. The lowest BCUT2D eigenvalue weighted by Gasteiger charge is -2.26. The third-order valence-corrected chi connectivity index (χ3v) is 2.88. The quantitative estimate of drug-likeness (QED) is 0.648. The number of hydrogen-bond donors (Lipinski definition) is 1. The zero-order valence-corrected chi connectivity index (χ0v) is 10.7. The van der Waals surface area contributed by atoms with E-state index in [4.69, 9.17) is 5.73 Å². The van der Waals surface area contributed by atoms with Gasteiger partial charge in [0.25, 0.3) is 5.69 Å². The molecule has 0 aliphatic rings. The third-order valence-electron chi connectivity index (χ3n) is 2.88. The molecule has 98 valence electrons. The van der Waals surface area contributed by atoms with E-state index in [9.17, 15) is 14.9 Å². The highest BCUT2D eigenvalue weighted by atomic mass is 16.6. The number of carbonyl (C=O) groups excluding carboxylic acids is 1. The van der Waals surface area contributed by atoms with Gasteiger partial charge in [-0.05, 0) is 19.4 Å². The Bertz CT molecular complexity index is 460. The van der Waals surface area contributed by atoms with Crippen LogP contribution in [0.5, 0.6) is 0 Å². The lowest BCUT2D eigenvalue weighted by molar-refractivity contribution is -0.384. The molecular formula is C12H17N3O3. The number of non-ortho nitro benzene ring substituents is 1. The molecule has 2 atom stereocenters. The van der Waals surface area contributed by atoms with Gasteiger partial charge in [0.15, 0.2) is 0 Å². The number of carbonyl (C=O) groups is 1. The second-order valence-electron chi connectivity index (χ2n) is 4.27. The third kappa shape index (κ3) is 3.04. The Hall–Kier alpha value is -1.95. The summed E-state index contributed by atoms with van der Waals surface area (Å²) >= 11 is 0. The molecule has 6 nitrogen and oxygen atoms in total. The smallest absolute Gasteiger partial charge is 0.269 e. The average molecular weight is 251 g/mol. The average Bonchev–Trinajstić information content (AvgIpc) is 2.36. The van der Waals surface area contributed by atoms with Crippen LogP contribution in [0.1, 0.15) is 25.5 Å². The summed E-state index contributed by atoms with van der Waals surface area (Å²) in [6.07, 6.45) is 0. The molecule has 0 saturated carbocycles. The van der Waals surface area contributed by atoms with Gasteiger partial charge in [0, 0.05) is 19.2 Å². The Morgan fingerprint density at radius 3 is 2.56 bits per heavy atom. The molecule has 0 heterocycles. The van der Waals surface area contributed by atoms with E-state index in [1.165, 1.54) is 17.0 Å². The molecule has 0 spiro atoms. The molecular weight excluding hydrogens is 234 g/mol. The number of amides is 1. The summed E-state index contributed by atoms with van der Waals surface area (Å²) in [4.78, 5) is 23.5. The maximum Gasteiger partial charge on any atom is 0.269 e. The van der Waals surface area contributed by atoms with Crippen molar-refractivity contribution in [3.05, 3.63) is 39.9 Å². The van der Waals surface area contributed by atoms with E-state index >= 15 is 0 Å². The standard InChI is InChI=1S/C12H17N3O3/c1-8(13)12(16)14(3)9(2)10-5-4-6-11(7-10)15(17)18/h4-9H,13H2,1-3H3. The van der Waals surface area contributed by atoms with Gasteiger partial charge in [0.1, 0.15) is 0 Å². The van der Waals surface area contributed by atoms with Gasteiger partial charge in [-0.1, -0.05) is 12.1 Å². The van der Waals surface area contributed by atoms with Crippen LogP contribution in [0.15, 0.2) is 24.3 Å². The predicted molar refractivity (Wildman–Crippen MR) is 67.9 cm³/mol. The topological polar surface area (TPSA) is 89.5 Å². The number of nitrogens with zero attached hydrogens (tertiary/aromatic N) is 2. The maximum atomic E-state index is 11.7. The van der Waals surface area contributed by atoms with Crippen molar-refractivity contribution >= 4 is 11.6 Å². The minimum absolute atomic E-state index is 0.0148. The molecule has 0 fully saturated rings. The van der Waals surface area contributed by atoms with Gasteiger partial charge < -0.3 is 10.6 Å². The van der Waals surface area contributed by atoms with E-state index in [0.29, 0.717) is 5.56 Å². The van der Waals surface area contributed by atoms with E-state index in [1.54, 1.807) is 33.0 Å². The van der Waals surface area contributed by atoms with Crippen LogP contribution in [0, 0.1) is 10.1 Å². The fraction of sp³-hybridized carbons (Fsp3) is 0.417. The summed E-state index contributed by atoms with van der Waals surface area (Å²) in [5.74, 6) is -0.200. The molecule has 0 aromatic heterocycles. The Kier molecular flexibility index (Phi) is 4.38.